The van der Waals surface area contributed by atoms with Crippen molar-refractivity contribution in [3.63, 3.8) is 0 Å². The molecule has 1 amide bonds. The van der Waals surface area contributed by atoms with E-state index < -0.39 is 6.09 Å². The molecule has 0 spiro atoms. The topological polar surface area (TPSA) is 83.6 Å². The van der Waals surface area contributed by atoms with Crippen molar-refractivity contribution >= 4 is 17.5 Å². The van der Waals surface area contributed by atoms with E-state index in [9.17, 15) is 4.79 Å². The molecule has 0 unspecified atom stereocenters. The van der Waals surface area contributed by atoms with E-state index in [4.69, 9.17) is 9.47 Å². The predicted molar refractivity (Wildman–Crippen MR) is 109 cm³/mol. The zero-order valence-electron chi connectivity index (χ0n) is 16.2. The number of pyridine rings is 1. The van der Waals surface area contributed by atoms with Crippen LogP contribution in [0.5, 0.6) is 5.75 Å². The highest BCUT2D eigenvalue weighted by molar-refractivity contribution is 5.89. The Morgan fingerprint density at radius 1 is 1.38 bits per heavy atom. The van der Waals surface area contributed by atoms with Gasteiger partial charge >= 0.3 is 6.09 Å². The number of fused-ring (bicyclic) bond motifs is 1. The highest BCUT2D eigenvalue weighted by atomic mass is 16.6. The highest BCUT2D eigenvalue weighted by Gasteiger charge is 2.23. The van der Waals surface area contributed by atoms with Crippen LogP contribution in [0.2, 0.25) is 0 Å². The Kier molecular flexibility index (Phi) is 5.60. The number of nitrogens with one attached hydrogen (secondary N) is 1. The Labute approximate surface area is 169 Å². The molecule has 0 saturated carbocycles. The van der Waals surface area contributed by atoms with Gasteiger partial charge in [0.1, 0.15) is 19.0 Å². The lowest BCUT2D eigenvalue weighted by atomic mass is 10.2. The van der Waals surface area contributed by atoms with Crippen molar-refractivity contribution in [1.82, 2.24) is 15.0 Å². The number of benzene rings is 1. The lowest BCUT2D eigenvalue weighted by molar-refractivity contribution is 0.147. The van der Waals surface area contributed by atoms with Gasteiger partial charge in [0.25, 0.3) is 0 Å². The van der Waals surface area contributed by atoms with Crippen LogP contribution in [0.3, 0.4) is 0 Å². The molecule has 0 saturated heterocycles. The molecule has 0 atom stereocenters. The van der Waals surface area contributed by atoms with Crippen molar-refractivity contribution < 1.29 is 14.3 Å². The normalized spacial score (nSPS) is 12.8. The van der Waals surface area contributed by atoms with E-state index in [0.717, 1.165) is 34.9 Å². The quantitative estimate of drug-likeness (QED) is 0.691. The number of hydrogen-bond donors (Lipinski definition) is 1. The summed E-state index contributed by atoms with van der Waals surface area (Å²) in [5, 5.41) is 0. The summed E-state index contributed by atoms with van der Waals surface area (Å²) < 4.78 is 11.3. The molecule has 1 aliphatic heterocycles. The third kappa shape index (κ3) is 4.31. The molecule has 1 aliphatic rings. The largest absolute Gasteiger partial charge is 0.490 e. The van der Waals surface area contributed by atoms with Crippen LogP contribution in [0, 0.1) is 0 Å². The van der Waals surface area contributed by atoms with Crippen molar-refractivity contribution in [2.45, 2.75) is 20.1 Å². The first-order valence-electron chi connectivity index (χ1n) is 9.57. The van der Waals surface area contributed by atoms with Gasteiger partial charge in [-0.25, -0.2) is 9.78 Å². The molecular formula is C21H23N5O3. The second-order valence-electron chi connectivity index (χ2n) is 6.64. The number of aromatic amines is 1. The number of hydrogen-bond acceptors (Lipinski definition) is 6. The Morgan fingerprint density at radius 2 is 2.31 bits per heavy atom. The molecule has 0 bridgehead atoms. The molecule has 0 radical (unpaired) electrons. The number of carbonyl (C=O) groups is 1. The second kappa shape index (κ2) is 8.64. The van der Waals surface area contributed by atoms with E-state index in [2.05, 4.69) is 19.9 Å². The molecule has 3 heterocycles. The van der Waals surface area contributed by atoms with Crippen LogP contribution >= 0.6 is 0 Å². The second-order valence-corrected chi connectivity index (χ2v) is 6.64. The summed E-state index contributed by atoms with van der Waals surface area (Å²) in [6.45, 7) is 4.62. The average Bonchev–Trinajstić information content (AvgIpc) is 3.27. The molecular weight excluding hydrogens is 370 g/mol. The fourth-order valence-corrected chi connectivity index (χ4v) is 3.29. The minimum absolute atomic E-state index is 0.183. The van der Waals surface area contributed by atoms with Crippen LogP contribution in [-0.2, 0) is 17.9 Å². The van der Waals surface area contributed by atoms with E-state index in [1.807, 2.05) is 43.5 Å². The summed E-state index contributed by atoms with van der Waals surface area (Å²) in [6.07, 6.45) is 6.53. The fraction of sp³-hybridized carbons (Fsp3) is 0.286. The number of nitrogens with zero attached hydrogens (tertiary/aromatic N) is 4. The fourth-order valence-electron chi connectivity index (χ4n) is 3.29. The zero-order valence-corrected chi connectivity index (χ0v) is 16.2. The smallest absolute Gasteiger partial charge is 0.414 e. The number of rotatable bonds is 6. The Morgan fingerprint density at radius 3 is 3.07 bits per heavy atom. The van der Waals surface area contributed by atoms with Gasteiger partial charge in [0.15, 0.2) is 0 Å². The van der Waals surface area contributed by atoms with Gasteiger partial charge in [-0.1, -0.05) is 6.07 Å². The maximum atomic E-state index is 12.7. The lowest BCUT2D eigenvalue weighted by Crippen LogP contribution is -2.34. The van der Waals surface area contributed by atoms with Crippen LogP contribution in [0.4, 0.5) is 16.2 Å². The van der Waals surface area contributed by atoms with Crippen molar-refractivity contribution in [3.05, 3.63) is 66.5 Å². The van der Waals surface area contributed by atoms with E-state index in [-0.39, 0.29) is 6.61 Å². The van der Waals surface area contributed by atoms with E-state index in [1.54, 1.807) is 23.6 Å². The average molecular weight is 393 g/mol. The molecule has 0 aliphatic carbocycles. The molecule has 2 aromatic heterocycles. The summed E-state index contributed by atoms with van der Waals surface area (Å²) in [5.41, 5.74) is 3.50. The van der Waals surface area contributed by atoms with Gasteiger partial charge in [-0.05, 0) is 31.2 Å². The van der Waals surface area contributed by atoms with Crippen LogP contribution in [0.25, 0.3) is 0 Å². The summed E-state index contributed by atoms with van der Waals surface area (Å²) in [6, 6.07) is 9.44. The maximum absolute atomic E-state index is 12.7. The number of amides is 1. The van der Waals surface area contributed by atoms with Gasteiger partial charge in [-0.15, -0.1) is 0 Å². The summed E-state index contributed by atoms with van der Waals surface area (Å²) in [5.74, 6) is 0.801. The standard InChI is InChI=1S/C21H23N5O3/c1-2-26(21(27)29-14-16-4-3-7-22-11-16)18-5-6-20-19(10-18)25(8-9-28-20)13-17-12-23-15-24-17/h3-7,10-12,15H,2,8-9,13-14H2,1H3,(H,23,24). The van der Waals surface area contributed by atoms with E-state index in [1.165, 1.54) is 0 Å². The van der Waals surface area contributed by atoms with Crippen LogP contribution in [-0.4, -0.2) is 40.7 Å². The lowest BCUT2D eigenvalue weighted by Gasteiger charge is -2.32. The number of anilines is 2. The molecule has 1 aromatic carbocycles. The summed E-state index contributed by atoms with van der Waals surface area (Å²) >= 11 is 0. The minimum atomic E-state index is -0.396. The van der Waals surface area contributed by atoms with Crippen molar-refractivity contribution in [2.75, 3.05) is 29.5 Å². The molecule has 3 aromatic rings. The number of H-pyrrole nitrogens is 1. The summed E-state index contributed by atoms with van der Waals surface area (Å²) in [7, 11) is 0. The molecule has 0 fully saturated rings. The van der Waals surface area contributed by atoms with E-state index in [0.29, 0.717) is 19.7 Å². The van der Waals surface area contributed by atoms with E-state index >= 15 is 0 Å². The van der Waals surface area contributed by atoms with Crippen LogP contribution in [0.1, 0.15) is 18.2 Å². The highest BCUT2D eigenvalue weighted by Crippen LogP contribution is 2.36. The SMILES string of the molecule is CCN(C(=O)OCc1cccnc1)c1ccc2c(c1)N(Cc1c[nH]cn1)CCO2. The molecule has 4 rings (SSSR count). The van der Waals surface area contributed by atoms with Crippen molar-refractivity contribution in [1.29, 1.82) is 0 Å². The monoisotopic (exact) mass is 393 g/mol. The van der Waals surface area contributed by atoms with Gasteiger partial charge in [0.05, 0.1) is 30.8 Å². The summed E-state index contributed by atoms with van der Waals surface area (Å²) in [4.78, 5) is 27.8. The first kappa shape index (κ1) is 18.8. The van der Waals surface area contributed by atoms with Crippen LogP contribution in [0.15, 0.2) is 55.2 Å². The van der Waals surface area contributed by atoms with Crippen molar-refractivity contribution in [2.24, 2.45) is 0 Å². The van der Waals surface area contributed by atoms with Gasteiger partial charge < -0.3 is 19.4 Å². The minimum Gasteiger partial charge on any atom is -0.490 e. The zero-order chi connectivity index (χ0) is 20.1. The first-order chi connectivity index (χ1) is 14.2. The number of carbonyl (C=O) groups excluding carboxylic acids is 1. The third-order valence-electron chi connectivity index (χ3n) is 4.74. The molecule has 150 valence electrons. The first-order valence-corrected chi connectivity index (χ1v) is 9.57. The van der Waals surface area contributed by atoms with Gasteiger partial charge in [0, 0.05) is 36.4 Å². The van der Waals surface area contributed by atoms with Gasteiger partial charge in [0.2, 0.25) is 0 Å². The Balaban J connectivity index is 1.51. The number of ether oxygens (including phenoxy) is 2. The maximum Gasteiger partial charge on any atom is 0.414 e. The Bertz CT molecular complexity index is 946. The van der Waals surface area contributed by atoms with Gasteiger partial charge in [-0.3, -0.25) is 9.88 Å². The number of aromatic nitrogens is 3. The van der Waals surface area contributed by atoms with Gasteiger partial charge in [-0.2, -0.15) is 0 Å². The molecule has 29 heavy (non-hydrogen) atoms. The molecule has 1 N–H and O–H groups in total. The third-order valence-corrected chi connectivity index (χ3v) is 4.74. The molecule has 8 nitrogen and oxygen atoms in total. The molecule has 8 heteroatoms. The predicted octanol–water partition coefficient (Wildman–Crippen LogP) is 3.37. The number of imidazole rings is 1. The van der Waals surface area contributed by atoms with Crippen LogP contribution < -0.4 is 14.5 Å². The Hall–Kier alpha value is -3.55. The van der Waals surface area contributed by atoms with Crippen molar-refractivity contribution in [3.8, 4) is 5.75 Å².